The van der Waals surface area contributed by atoms with Crippen molar-refractivity contribution in [2.75, 3.05) is 18.5 Å². The second-order valence-electron chi connectivity index (χ2n) is 6.96. The van der Waals surface area contributed by atoms with E-state index in [9.17, 15) is 9.59 Å². The highest BCUT2D eigenvalue weighted by atomic mass is 16.5. The zero-order valence-corrected chi connectivity index (χ0v) is 14.3. The van der Waals surface area contributed by atoms with Gasteiger partial charge in [0.2, 0.25) is 11.8 Å². The third-order valence-electron chi connectivity index (χ3n) is 4.95. The number of rotatable bonds is 4. The molecular formula is C19H26N2O3. The molecule has 1 saturated carbocycles. The Bertz CT molecular complexity index is 609. The van der Waals surface area contributed by atoms with E-state index in [1.54, 1.807) is 0 Å². The Morgan fingerprint density at radius 3 is 2.75 bits per heavy atom. The van der Waals surface area contributed by atoms with Gasteiger partial charge in [0.25, 0.3) is 0 Å². The van der Waals surface area contributed by atoms with Gasteiger partial charge < -0.3 is 15.4 Å². The standard InChI is InChI=1S/C19H26N2O3/c1-13(22)21-17-7-8-18-15(10-17)9-16(12-24-18)19(23)20-11-14-5-3-2-4-6-14/h7-8,10,14,16H,2-6,9,11-12H2,1H3,(H,20,23)(H,21,22)/t16-/m0/s1. The minimum atomic E-state index is -0.159. The molecule has 5 heteroatoms. The van der Waals surface area contributed by atoms with E-state index in [4.69, 9.17) is 4.74 Å². The summed E-state index contributed by atoms with van der Waals surface area (Å²) in [6, 6.07) is 5.58. The van der Waals surface area contributed by atoms with Crippen molar-refractivity contribution in [3.8, 4) is 5.75 Å². The molecule has 2 amide bonds. The van der Waals surface area contributed by atoms with Crippen LogP contribution in [-0.4, -0.2) is 25.0 Å². The van der Waals surface area contributed by atoms with Crippen molar-refractivity contribution in [3.63, 3.8) is 0 Å². The molecule has 1 heterocycles. The zero-order valence-electron chi connectivity index (χ0n) is 14.3. The average molecular weight is 330 g/mol. The molecule has 1 aliphatic carbocycles. The van der Waals surface area contributed by atoms with Crippen LogP contribution in [0.4, 0.5) is 5.69 Å². The molecule has 5 nitrogen and oxygen atoms in total. The van der Waals surface area contributed by atoms with E-state index in [1.165, 1.54) is 39.0 Å². The lowest BCUT2D eigenvalue weighted by atomic mass is 9.89. The maximum atomic E-state index is 12.5. The molecule has 1 aliphatic heterocycles. The van der Waals surface area contributed by atoms with Gasteiger partial charge in [0.05, 0.1) is 5.92 Å². The molecule has 0 saturated heterocycles. The Morgan fingerprint density at radius 1 is 1.21 bits per heavy atom. The second-order valence-corrected chi connectivity index (χ2v) is 6.96. The SMILES string of the molecule is CC(=O)Nc1ccc2c(c1)C[C@H](C(=O)NCC1CCCCC1)CO2. The zero-order chi connectivity index (χ0) is 16.9. The van der Waals surface area contributed by atoms with Gasteiger partial charge in [0, 0.05) is 19.2 Å². The summed E-state index contributed by atoms with van der Waals surface area (Å²) in [6.45, 7) is 2.69. The van der Waals surface area contributed by atoms with Crippen LogP contribution in [0.1, 0.15) is 44.6 Å². The van der Waals surface area contributed by atoms with Crippen molar-refractivity contribution in [1.29, 1.82) is 0 Å². The van der Waals surface area contributed by atoms with E-state index in [1.807, 2.05) is 18.2 Å². The molecule has 0 bridgehead atoms. The maximum absolute atomic E-state index is 12.5. The lowest BCUT2D eigenvalue weighted by molar-refractivity contribution is -0.126. The highest BCUT2D eigenvalue weighted by Gasteiger charge is 2.27. The topological polar surface area (TPSA) is 67.4 Å². The third-order valence-corrected chi connectivity index (χ3v) is 4.95. The number of fused-ring (bicyclic) bond motifs is 1. The number of hydrogen-bond acceptors (Lipinski definition) is 3. The Morgan fingerprint density at radius 2 is 2.00 bits per heavy atom. The molecule has 3 rings (SSSR count). The first-order valence-electron chi connectivity index (χ1n) is 8.93. The summed E-state index contributed by atoms with van der Waals surface area (Å²) in [6.07, 6.45) is 7.00. The largest absolute Gasteiger partial charge is 0.492 e. The molecule has 0 spiro atoms. The van der Waals surface area contributed by atoms with E-state index >= 15 is 0 Å². The number of anilines is 1. The normalized spacial score (nSPS) is 20.6. The number of amides is 2. The van der Waals surface area contributed by atoms with Crippen LogP contribution in [0.2, 0.25) is 0 Å². The molecule has 1 atom stereocenters. The van der Waals surface area contributed by atoms with Crippen LogP contribution in [0.3, 0.4) is 0 Å². The van der Waals surface area contributed by atoms with Crippen molar-refractivity contribution >= 4 is 17.5 Å². The molecule has 130 valence electrons. The van der Waals surface area contributed by atoms with Gasteiger partial charge in [-0.15, -0.1) is 0 Å². The van der Waals surface area contributed by atoms with Crippen LogP contribution >= 0.6 is 0 Å². The fraction of sp³-hybridized carbons (Fsp3) is 0.579. The summed E-state index contributed by atoms with van der Waals surface area (Å²) in [4.78, 5) is 23.6. The lowest BCUT2D eigenvalue weighted by Crippen LogP contribution is -2.39. The molecular weight excluding hydrogens is 304 g/mol. The first kappa shape index (κ1) is 16.8. The van der Waals surface area contributed by atoms with Gasteiger partial charge in [-0.1, -0.05) is 19.3 Å². The number of ether oxygens (including phenoxy) is 1. The van der Waals surface area contributed by atoms with Crippen LogP contribution < -0.4 is 15.4 Å². The Balaban J connectivity index is 1.56. The first-order valence-corrected chi connectivity index (χ1v) is 8.93. The minimum absolute atomic E-state index is 0.0798. The van der Waals surface area contributed by atoms with E-state index in [2.05, 4.69) is 10.6 Å². The van der Waals surface area contributed by atoms with E-state index in [0.29, 0.717) is 18.9 Å². The van der Waals surface area contributed by atoms with Crippen molar-refractivity contribution in [2.24, 2.45) is 11.8 Å². The summed E-state index contributed by atoms with van der Waals surface area (Å²) in [5.41, 5.74) is 1.72. The quantitative estimate of drug-likeness (QED) is 0.892. The Kier molecular flexibility index (Phi) is 5.38. The predicted octanol–water partition coefficient (Wildman–Crippen LogP) is 2.89. The van der Waals surface area contributed by atoms with Crippen molar-refractivity contribution in [2.45, 2.75) is 45.4 Å². The summed E-state index contributed by atoms with van der Waals surface area (Å²) in [7, 11) is 0. The fourth-order valence-electron chi connectivity index (χ4n) is 3.62. The number of benzene rings is 1. The average Bonchev–Trinajstić information content (AvgIpc) is 2.59. The van der Waals surface area contributed by atoms with Gasteiger partial charge >= 0.3 is 0 Å². The Labute approximate surface area is 143 Å². The molecule has 24 heavy (non-hydrogen) atoms. The van der Waals surface area contributed by atoms with Gasteiger partial charge in [0.1, 0.15) is 12.4 Å². The number of nitrogens with one attached hydrogen (secondary N) is 2. The smallest absolute Gasteiger partial charge is 0.226 e. The fourth-order valence-corrected chi connectivity index (χ4v) is 3.62. The molecule has 1 aromatic carbocycles. The monoisotopic (exact) mass is 330 g/mol. The van der Waals surface area contributed by atoms with E-state index < -0.39 is 0 Å². The maximum Gasteiger partial charge on any atom is 0.226 e. The van der Waals surface area contributed by atoms with Crippen LogP contribution in [-0.2, 0) is 16.0 Å². The molecule has 0 unspecified atom stereocenters. The highest BCUT2D eigenvalue weighted by molar-refractivity contribution is 5.89. The summed E-state index contributed by atoms with van der Waals surface area (Å²) in [5.74, 6) is 1.25. The minimum Gasteiger partial charge on any atom is -0.492 e. The van der Waals surface area contributed by atoms with Gasteiger partial charge in [-0.2, -0.15) is 0 Å². The number of carbonyl (C=O) groups excluding carboxylic acids is 2. The van der Waals surface area contributed by atoms with E-state index in [0.717, 1.165) is 23.5 Å². The van der Waals surface area contributed by atoms with Crippen molar-refractivity contribution in [1.82, 2.24) is 5.32 Å². The molecule has 0 aromatic heterocycles. The molecule has 0 radical (unpaired) electrons. The summed E-state index contributed by atoms with van der Waals surface area (Å²) < 4.78 is 5.74. The van der Waals surface area contributed by atoms with Gasteiger partial charge in [-0.25, -0.2) is 0 Å². The van der Waals surface area contributed by atoms with Crippen LogP contribution in [0.5, 0.6) is 5.75 Å². The van der Waals surface area contributed by atoms with Crippen LogP contribution in [0, 0.1) is 11.8 Å². The van der Waals surface area contributed by atoms with Gasteiger partial charge in [0.15, 0.2) is 0 Å². The Hall–Kier alpha value is -2.04. The third kappa shape index (κ3) is 4.28. The first-order chi connectivity index (χ1) is 11.6. The van der Waals surface area contributed by atoms with E-state index in [-0.39, 0.29) is 17.7 Å². The lowest BCUT2D eigenvalue weighted by Gasteiger charge is -2.27. The predicted molar refractivity (Wildman–Crippen MR) is 93.0 cm³/mol. The molecule has 1 fully saturated rings. The molecule has 1 aromatic rings. The number of hydrogen-bond donors (Lipinski definition) is 2. The number of carbonyl (C=O) groups is 2. The molecule has 2 N–H and O–H groups in total. The second kappa shape index (κ2) is 7.69. The van der Waals surface area contributed by atoms with Gasteiger partial charge in [-0.3, -0.25) is 9.59 Å². The molecule has 2 aliphatic rings. The summed E-state index contributed by atoms with van der Waals surface area (Å²) >= 11 is 0. The van der Waals surface area contributed by atoms with Crippen LogP contribution in [0.15, 0.2) is 18.2 Å². The highest BCUT2D eigenvalue weighted by Crippen LogP contribution is 2.30. The summed E-state index contributed by atoms with van der Waals surface area (Å²) in [5, 5.41) is 5.88. The van der Waals surface area contributed by atoms with Crippen LogP contribution in [0.25, 0.3) is 0 Å². The van der Waals surface area contributed by atoms with Crippen molar-refractivity contribution < 1.29 is 14.3 Å². The van der Waals surface area contributed by atoms with Crippen molar-refractivity contribution in [3.05, 3.63) is 23.8 Å². The van der Waals surface area contributed by atoms with Gasteiger partial charge in [-0.05, 0) is 48.9 Å².